The van der Waals surface area contributed by atoms with Gasteiger partial charge in [-0.05, 0) is 31.9 Å². The van der Waals surface area contributed by atoms with Crippen molar-refractivity contribution in [2.75, 3.05) is 5.32 Å². The van der Waals surface area contributed by atoms with Crippen molar-refractivity contribution in [3.05, 3.63) is 29.5 Å². The highest BCUT2D eigenvalue weighted by molar-refractivity contribution is 6.04. The third-order valence-corrected chi connectivity index (χ3v) is 3.03. The lowest BCUT2D eigenvalue weighted by Gasteiger charge is -2.15. The monoisotopic (exact) mass is 272 g/mol. The van der Waals surface area contributed by atoms with Crippen LogP contribution in [-0.2, 0) is 6.42 Å². The molecule has 0 aliphatic heterocycles. The molecule has 0 saturated carbocycles. The largest absolute Gasteiger partial charge is 0.380 e. The highest BCUT2D eigenvalue weighted by Gasteiger charge is 2.16. The van der Waals surface area contributed by atoms with Crippen LogP contribution in [0.25, 0.3) is 10.9 Å². The van der Waals surface area contributed by atoms with E-state index in [0.29, 0.717) is 5.69 Å². The van der Waals surface area contributed by atoms with E-state index < -0.39 is 5.91 Å². The number of fused-ring (bicyclic) bond motifs is 1. The number of carbonyl (C=O) groups excluding carboxylic acids is 1. The van der Waals surface area contributed by atoms with Crippen LogP contribution in [0.1, 0.15) is 43.2 Å². The molecule has 1 heterocycles. The number of rotatable bonds is 5. The van der Waals surface area contributed by atoms with Gasteiger partial charge in [0.2, 0.25) is 0 Å². The van der Waals surface area contributed by atoms with Crippen molar-refractivity contribution >= 4 is 22.5 Å². The van der Waals surface area contributed by atoms with Crippen LogP contribution >= 0.6 is 0 Å². The molecule has 2 aromatic rings. The SMILES string of the molecule is CCCc1ccc2c(NC(C)C)c(C(N)=O)nnc2c1. The number of benzene rings is 1. The lowest BCUT2D eigenvalue weighted by Crippen LogP contribution is -2.20. The Morgan fingerprint density at radius 3 is 2.70 bits per heavy atom. The van der Waals surface area contributed by atoms with Crippen LogP contribution in [0.2, 0.25) is 0 Å². The van der Waals surface area contributed by atoms with Gasteiger partial charge in [0, 0.05) is 11.4 Å². The first kappa shape index (κ1) is 14.2. The van der Waals surface area contributed by atoms with Crippen LogP contribution in [0.15, 0.2) is 18.2 Å². The topological polar surface area (TPSA) is 80.9 Å². The lowest BCUT2D eigenvalue weighted by atomic mass is 10.1. The average Bonchev–Trinajstić information content (AvgIpc) is 2.38. The molecule has 0 bridgehead atoms. The number of nitrogens with one attached hydrogen (secondary N) is 1. The highest BCUT2D eigenvalue weighted by atomic mass is 16.1. The van der Waals surface area contributed by atoms with Crippen molar-refractivity contribution in [1.82, 2.24) is 10.2 Å². The Balaban J connectivity index is 2.61. The zero-order valence-corrected chi connectivity index (χ0v) is 12.1. The van der Waals surface area contributed by atoms with Crippen molar-refractivity contribution in [1.29, 1.82) is 0 Å². The molecule has 0 unspecified atom stereocenters. The molecule has 0 atom stereocenters. The van der Waals surface area contributed by atoms with E-state index in [1.807, 2.05) is 26.0 Å². The molecule has 3 N–H and O–H groups in total. The van der Waals surface area contributed by atoms with Gasteiger partial charge < -0.3 is 11.1 Å². The van der Waals surface area contributed by atoms with E-state index in [2.05, 4.69) is 28.5 Å². The van der Waals surface area contributed by atoms with E-state index in [0.717, 1.165) is 23.7 Å². The van der Waals surface area contributed by atoms with Crippen LogP contribution in [0, 0.1) is 0 Å². The van der Waals surface area contributed by atoms with Crippen molar-refractivity contribution in [3.63, 3.8) is 0 Å². The fraction of sp³-hybridized carbons (Fsp3) is 0.400. The summed E-state index contributed by atoms with van der Waals surface area (Å²) in [5, 5.41) is 12.2. The zero-order valence-electron chi connectivity index (χ0n) is 12.1. The molecule has 5 nitrogen and oxygen atoms in total. The minimum absolute atomic E-state index is 0.177. The predicted octanol–water partition coefficient (Wildman–Crippen LogP) is 2.50. The lowest BCUT2D eigenvalue weighted by molar-refractivity contribution is 0.0995. The van der Waals surface area contributed by atoms with Gasteiger partial charge in [0.1, 0.15) is 0 Å². The van der Waals surface area contributed by atoms with E-state index in [-0.39, 0.29) is 11.7 Å². The van der Waals surface area contributed by atoms with Crippen molar-refractivity contribution < 1.29 is 4.79 Å². The Hall–Kier alpha value is -2.17. The Bertz CT molecular complexity index is 637. The maximum absolute atomic E-state index is 11.5. The van der Waals surface area contributed by atoms with Crippen molar-refractivity contribution in [2.24, 2.45) is 5.73 Å². The number of amides is 1. The molecule has 1 amide bonds. The van der Waals surface area contributed by atoms with E-state index in [9.17, 15) is 4.79 Å². The van der Waals surface area contributed by atoms with E-state index in [1.54, 1.807) is 0 Å². The quantitative estimate of drug-likeness (QED) is 0.876. The number of hydrogen-bond acceptors (Lipinski definition) is 4. The van der Waals surface area contributed by atoms with Gasteiger partial charge in [-0.15, -0.1) is 10.2 Å². The molecule has 0 spiro atoms. The molecular formula is C15H20N4O. The number of primary amides is 1. The standard InChI is InChI=1S/C15H20N4O/c1-4-5-10-6-7-11-12(8-10)18-19-14(15(16)20)13(11)17-9(2)3/h6-9H,4-5H2,1-3H3,(H2,16,20)(H,17,18). The predicted molar refractivity (Wildman–Crippen MR) is 80.8 cm³/mol. The maximum Gasteiger partial charge on any atom is 0.271 e. The van der Waals surface area contributed by atoms with Gasteiger partial charge in [-0.1, -0.05) is 25.5 Å². The first-order chi connectivity index (χ1) is 9.52. The first-order valence-corrected chi connectivity index (χ1v) is 6.88. The zero-order chi connectivity index (χ0) is 14.7. The summed E-state index contributed by atoms with van der Waals surface area (Å²) >= 11 is 0. The molecular weight excluding hydrogens is 252 g/mol. The van der Waals surface area contributed by atoms with Gasteiger partial charge in [0.15, 0.2) is 5.69 Å². The second-order valence-electron chi connectivity index (χ2n) is 5.19. The fourth-order valence-corrected chi connectivity index (χ4v) is 2.20. The Labute approximate surface area is 118 Å². The van der Waals surface area contributed by atoms with Gasteiger partial charge >= 0.3 is 0 Å². The molecule has 0 radical (unpaired) electrons. The Morgan fingerprint density at radius 2 is 2.10 bits per heavy atom. The molecule has 2 rings (SSSR count). The summed E-state index contributed by atoms with van der Waals surface area (Å²) in [7, 11) is 0. The Morgan fingerprint density at radius 1 is 1.35 bits per heavy atom. The summed E-state index contributed by atoms with van der Waals surface area (Å²) in [5.74, 6) is -0.569. The smallest absolute Gasteiger partial charge is 0.271 e. The molecule has 0 saturated heterocycles. The van der Waals surface area contributed by atoms with Crippen molar-refractivity contribution in [2.45, 2.75) is 39.7 Å². The van der Waals surface area contributed by atoms with Crippen LogP contribution < -0.4 is 11.1 Å². The summed E-state index contributed by atoms with van der Waals surface area (Å²) in [6, 6.07) is 6.23. The summed E-state index contributed by atoms with van der Waals surface area (Å²) in [5.41, 5.74) is 8.23. The number of nitrogens with zero attached hydrogens (tertiary/aromatic N) is 2. The number of carbonyl (C=O) groups is 1. The van der Waals surface area contributed by atoms with Crippen LogP contribution in [0.4, 0.5) is 5.69 Å². The molecule has 0 aliphatic rings. The fourth-order valence-electron chi connectivity index (χ4n) is 2.20. The molecule has 1 aromatic carbocycles. The molecule has 5 heteroatoms. The minimum atomic E-state index is -0.569. The molecule has 1 aromatic heterocycles. The van der Waals surface area contributed by atoms with Crippen LogP contribution in [0.3, 0.4) is 0 Å². The van der Waals surface area contributed by atoms with E-state index in [1.165, 1.54) is 5.56 Å². The van der Waals surface area contributed by atoms with Gasteiger partial charge in [0.05, 0.1) is 11.2 Å². The summed E-state index contributed by atoms with van der Waals surface area (Å²) in [6.45, 7) is 6.14. The van der Waals surface area contributed by atoms with Gasteiger partial charge in [-0.3, -0.25) is 4.79 Å². The number of aryl methyl sites for hydroxylation is 1. The second kappa shape index (κ2) is 5.86. The summed E-state index contributed by atoms with van der Waals surface area (Å²) < 4.78 is 0. The summed E-state index contributed by atoms with van der Waals surface area (Å²) in [6.07, 6.45) is 2.08. The Kier molecular flexibility index (Phi) is 4.17. The van der Waals surface area contributed by atoms with Gasteiger partial charge in [-0.25, -0.2) is 0 Å². The normalized spacial score (nSPS) is 11.0. The second-order valence-corrected chi connectivity index (χ2v) is 5.19. The van der Waals surface area contributed by atoms with E-state index in [4.69, 9.17) is 5.73 Å². The third-order valence-electron chi connectivity index (χ3n) is 3.03. The number of aromatic nitrogens is 2. The minimum Gasteiger partial charge on any atom is -0.380 e. The number of hydrogen-bond donors (Lipinski definition) is 2. The molecule has 0 fully saturated rings. The third kappa shape index (κ3) is 2.87. The van der Waals surface area contributed by atoms with Gasteiger partial charge in [-0.2, -0.15) is 0 Å². The van der Waals surface area contributed by atoms with Crippen LogP contribution in [0.5, 0.6) is 0 Å². The molecule has 0 aliphatic carbocycles. The van der Waals surface area contributed by atoms with Crippen LogP contribution in [-0.4, -0.2) is 22.1 Å². The van der Waals surface area contributed by atoms with Crippen molar-refractivity contribution in [3.8, 4) is 0 Å². The highest BCUT2D eigenvalue weighted by Crippen LogP contribution is 2.26. The van der Waals surface area contributed by atoms with E-state index >= 15 is 0 Å². The number of anilines is 1. The molecule has 20 heavy (non-hydrogen) atoms. The first-order valence-electron chi connectivity index (χ1n) is 6.88. The van der Waals surface area contributed by atoms with Gasteiger partial charge in [0.25, 0.3) is 5.91 Å². The average molecular weight is 272 g/mol. The molecule has 106 valence electrons. The summed E-state index contributed by atoms with van der Waals surface area (Å²) in [4.78, 5) is 11.5. The maximum atomic E-state index is 11.5. The number of nitrogens with two attached hydrogens (primary N) is 1.